The van der Waals surface area contributed by atoms with E-state index in [1.54, 1.807) is 12.1 Å². The first-order valence-electron chi connectivity index (χ1n) is 7.02. The summed E-state index contributed by atoms with van der Waals surface area (Å²) in [7, 11) is 0. The van der Waals surface area contributed by atoms with E-state index in [4.69, 9.17) is 0 Å². The molecule has 3 nitrogen and oxygen atoms in total. The van der Waals surface area contributed by atoms with Gasteiger partial charge in [-0.2, -0.15) is 0 Å². The van der Waals surface area contributed by atoms with Crippen molar-refractivity contribution in [3.8, 4) is 0 Å². The van der Waals surface area contributed by atoms with Crippen molar-refractivity contribution in [2.75, 3.05) is 19.6 Å². The van der Waals surface area contributed by atoms with Crippen LogP contribution in [0.4, 0.5) is 4.39 Å². The van der Waals surface area contributed by atoms with Gasteiger partial charge in [-0.25, -0.2) is 4.39 Å². The van der Waals surface area contributed by atoms with Gasteiger partial charge in [0.2, 0.25) is 0 Å². The number of aliphatic hydroxyl groups excluding tert-OH is 1. The third-order valence-electron chi connectivity index (χ3n) is 4.35. The quantitative estimate of drug-likeness (QED) is 0.876. The van der Waals surface area contributed by atoms with Crippen LogP contribution in [-0.2, 0) is 6.54 Å². The zero-order chi connectivity index (χ0) is 13.4. The smallest absolute Gasteiger partial charge is 0.123 e. The Kier molecular flexibility index (Phi) is 3.56. The van der Waals surface area contributed by atoms with Crippen molar-refractivity contribution in [2.45, 2.75) is 38.1 Å². The van der Waals surface area contributed by atoms with Gasteiger partial charge in [0.05, 0.1) is 6.10 Å². The summed E-state index contributed by atoms with van der Waals surface area (Å²) in [6, 6.07) is 7.75. The Morgan fingerprint density at radius 3 is 2.95 bits per heavy atom. The molecular weight excluding hydrogens is 243 g/mol. The van der Waals surface area contributed by atoms with Crippen LogP contribution in [0.15, 0.2) is 24.3 Å². The summed E-state index contributed by atoms with van der Waals surface area (Å²) in [6.45, 7) is 5.77. The lowest BCUT2D eigenvalue weighted by Crippen LogP contribution is -2.54. The first-order chi connectivity index (χ1) is 9.11. The van der Waals surface area contributed by atoms with Crippen LogP contribution in [0.1, 0.15) is 18.9 Å². The predicted molar refractivity (Wildman–Crippen MR) is 72.3 cm³/mol. The van der Waals surface area contributed by atoms with E-state index in [2.05, 4.69) is 16.7 Å². The van der Waals surface area contributed by atoms with Crippen molar-refractivity contribution < 1.29 is 9.50 Å². The van der Waals surface area contributed by atoms with Crippen molar-refractivity contribution in [2.24, 2.45) is 0 Å². The molecule has 2 fully saturated rings. The molecule has 104 valence electrons. The lowest BCUT2D eigenvalue weighted by molar-refractivity contribution is 0.0528. The molecule has 2 aliphatic heterocycles. The highest BCUT2D eigenvalue weighted by atomic mass is 19.1. The van der Waals surface area contributed by atoms with Gasteiger partial charge in [0, 0.05) is 38.3 Å². The Hall–Kier alpha value is -0.970. The number of hydrogen-bond donors (Lipinski definition) is 1. The molecule has 0 bridgehead atoms. The highest BCUT2D eigenvalue weighted by molar-refractivity contribution is 5.16. The number of rotatable bonds is 2. The predicted octanol–water partition coefficient (Wildman–Crippen LogP) is 1.46. The number of benzene rings is 1. The van der Waals surface area contributed by atoms with Gasteiger partial charge in [-0.1, -0.05) is 12.1 Å². The van der Waals surface area contributed by atoms with E-state index in [0.717, 1.165) is 38.2 Å². The second-order valence-electron chi connectivity index (χ2n) is 5.91. The molecule has 3 rings (SSSR count). The molecule has 19 heavy (non-hydrogen) atoms. The number of fused-ring (bicyclic) bond motifs is 1. The minimum Gasteiger partial charge on any atom is -0.392 e. The molecule has 2 aliphatic rings. The number of piperazine rings is 1. The fourth-order valence-electron chi connectivity index (χ4n) is 3.37. The van der Waals surface area contributed by atoms with Gasteiger partial charge >= 0.3 is 0 Å². The molecule has 1 aromatic rings. The number of hydrogen-bond acceptors (Lipinski definition) is 3. The summed E-state index contributed by atoms with van der Waals surface area (Å²) in [4.78, 5) is 4.78. The third-order valence-corrected chi connectivity index (χ3v) is 4.35. The highest BCUT2D eigenvalue weighted by Gasteiger charge is 2.37. The maximum Gasteiger partial charge on any atom is 0.123 e. The monoisotopic (exact) mass is 264 g/mol. The zero-order valence-corrected chi connectivity index (χ0v) is 11.3. The van der Waals surface area contributed by atoms with Crippen LogP contribution >= 0.6 is 0 Å². The van der Waals surface area contributed by atoms with Crippen molar-refractivity contribution in [1.29, 1.82) is 0 Å². The second kappa shape index (κ2) is 5.19. The fraction of sp³-hybridized carbons (Fsp3) is 0.600. The molecule has 0 saturated carbocycles. The zero-order valence-electron chi connectivity index (χ0n) is 11.3. The third kappa shape index (κ3) is 2.81. The lowest BCUT2D eigenvalue weighted by atomic mass is 10.1. The average molecular weight is 264 g/mol. The molecule has 0 aliphatic carbocycles. The first kappa shape index (κ1) is 13.0. The van der Waals surface area contributed by atoms with Crippen LogP contribution in [0.5, 0.6) is 0 Å². The topological polar surface area (TPSA) is 26.7 Å². The van der Waals surface area contributed by atoms with Crippen molar-refractivity contribution in [3.05, 3.63) is 35.6 Å². The molecule has 1 unspecified atom stereocenters. The van der Waals surface area contributed by atoms with E-state index in [1.165, 1.54) is 6.07 Å². The van der Waals surface area contributed by atoms with Crippen molar-refractivity contribution in [1.82, 2.24) is 9.80 Å². The standard InChI is InChI=1S/C15H21FN2O/c1-11-7-18-10-15(19)6-14(18)9-17(11)8-12-3-2-4-13(16)5-12/h2-5,11,14-15,19H,6-10H2,1H3/t11-,14?,15+/m0/s1. The fourth-order valence-corrected chi connectivity index (χ4v) is 3.37. The van der Waals surface area contributed by atoms with Gasteiger partial charge in [-0.15, -0.1) is 0 Å². The van der Waals surface area contributed by atoms with Crippen LogP contribution in [0.25, 0.3) is 0 Å². The van der Waals surface area contributed by atoms with E-state index in [0.29, 0.717) is 12.1 Å². The van der Waals surface area contributed by atoms with Gasteiger partial charge in [0.1, 0.15) is 5.82 Å². The summed E-state index contributed by atoms with van der Waals surface area (Å²) in [5.41, 5.74) is 1.03. The van der Waals surface area contributed by atoms with E-state index in [-0.39, 0.29) is 11.9 Å². The molecule has 1 N–H and O–H groups in total. The first-order valence-corrected chi connectivity index (χ1v) is 7.02. The van der Waals surface area contributed by atoms with E-state index >= 15 is 0 Å². The highest BCUT2D eigenvalue weighted by Crippen LogP contribution is 2.26. The van der Waals surface area contributed by atoms with Gasteiger partial charge in [-0.3, -0.25) is 9.80 Å². The maximum atomic E-state index is 13.2. The van der Waals surface area contributed by atoms with Gasteiger partial charge < -0.3 is 5.11 Å². The summed E-state index contributed by atoms with van der Waals surface area (Å²) in [5.74, 6) is -0.167. The SMILES string of the molecule is C[C@H]1CN2C[C@H](O)CC2CN1Cc1cccc(F)c1. The van der Waals surface area contributed by atoms with Gasteiger partial charge in [0.25, 0.3) is 0 Å². The minimum absolute atomic E-state index is 0.167. The Morgan fingerprint density at radius 2 is 2.16 bits per heavy atom. The molecule has 0 radical (unpaired) electrons. The second-order valence-corrected chi connectivity index (χ2v) is 5.91. The molecule has 0 spiro atoms. The number of halogens is 1. The molecule has 1 aromatic carbocycles. The van der Waals surface area contributed by atoms with E-state index < -0.39 is 0 Å². The largest absolute Gasteiger partial charge is 0.392 e. The number of aliphatic hydroxyl groups is 1. The van der Waals surface area contributed by atoms with Crippen LogP contribution < -0.4 is 0 Å². The minimum atomic E-state index is -0.175. The summed E-state index contributed by atoms with van der Waals surface area (Å²) in [5, 5.41) is 9.75. The van der Waals surface area contributed by atoms with Crippen LogP contribution in [0.3, 0.4) is 0 Å². The van der Waals surface area contributed by atoms with Crippen molar-refractivity contribution >= 4 is 0 Å². The summed E-state index contributed by atoms with van der Waals surface area (Å²) in [6.07, 6.45) is 0.693. The van der Waals surface area contributed by atoms with Crippen LogP contribution in [-0.4, -0.2) is 52.7 Å². The molecule has 0 amide bonds. The number of nitrogens with zero attached hydrogens (tertiary/aromatic N) is 2. The molecule has 0 aromatic heterocycles. The summed E-state index contributed by atoms with van der Waals surface area (Å²) >= 11 is 0. The van der Waals surface area contributed by atoms with Crippen LogP contribution in [0.2, 0.25) is 0 Å². The Labute approximate surface area is 113 Å². The molecule has 3 atom stereocenters. The Morgan fingerprint density at radius 1 is 1.32 bits per heavy atom. The van der Waals surface area contributed by atoms with Gasteiger partial charge in [-0.05, 0) is 31.0 Å². The van der Waals surface area contributed by atoms with E-state index in [9.17, 15) is 9.50 Å². The molecular formula is C15H21FN2O. The van der Waals surface area contributed by atoms with E-state index in [1.807, 2.05) is 6.07 Å². The lowest BCUT2D eigenvalue weighted by Gasteiger charge is -2.42. The van der Waals surface area contributed by atoms with Gasteiger partial charge in [0.15, 0.2) is 0 Å². The Balaban J connectivity index is 1.68. The molecule has 4 heteroatoms. The molecule has 2 saturated heterocycles. The average Bonchev–Trinajstić information content (AvgIpc) is 2.69. The van der Waals surface area contributed by atoms with Crippen LogP contribution in [0, 0.1) is 5.82 Å². The normalized spacial score (nSPS) is 32.5. The van der Waals surface area contributed by atoms with Crippen molar-refractivity contribution in [3.63, 3.8) is 0 Å². The summed E-state index contributed by atoms with van der Waals surface area (Å²) < 4.78 is 13.2. The molecule has 2 heterocycles. The maximum absolute atomic E-state index is 13.2. The Bertz CT molecular complexity index is 454.